The topological polar surface area (TPSA) is 47.0 Å². The number of benzene rings is 1. The summed E-state index contributed by atoms with van der Waals surface area (Å²) < 4.78 is 45.6. The number of hydrogen-bond acceptors (Lipinski definition) is 2. The zero-order chi connectivity index (χ0) is 15.0. The average molecular weight is 300 g/mol. The molecule has 114 valence electrons. The molecule has 0 spiro atoms. The molecule has 1 fully saturated rings. The smallest absolute Gasteiger partial charge is 0.381 e. The van der Waals surface area contributed by atoms with Crippen LogP contribution in [0.1, 0.15) is 18.4 Å². The van der Waals surface area contributed by atoms with Gasteiger partial charge in [0.05, 0.1) is 23.2 Å². The number of fused-ring (bicyclic) bond motifs is 1. The number of ether oxygens (including phenoxy) is 1. The second-order valence-corrected chi connectivity index (χ2v) is 5.32. The highest BCUT2D eigenvalue weighted by Crippen LogP contribution is 2.33. The van der Waals surface area contributed by atoms with E-state index in [0.717, 1.165) is 18.9 Å². The van der Waals surface area contributed by atoms with Crippen LogP contribution in [0.25, 0.3) is 11.0 Å². The molecule has 1 aliphatic heterocycles. The molecule has 2 aromatic rings. The Balaban J connectivity index is 2.03. The van der Waals surface area contributed by atoms with E-state index in [1.54, 1.807) is 0 Å². The Kier molecular flexibility index (Phi) is 3.52. The fourth-order valence-corrected chi connectivity index (χ4v) is 2.81. The Bertz CT molecular complexity index is 696. The van der Waals surface area contributed by atoms with E-state index in [9.17, 15) is 18.0 Å². The standard InChI is InChI=1S/C14H15F3N2O2/c15-14(16,17)10-4-1-5-11-12(10)18-13(20)19(11)7-9-3-2-6-21-8-9/h1,4-5,9H,2-3,6-8H2,(H,18,20). The highest BCUT2D eigenvalue weighted by atomic mass is 19.4. The highest BCUT2D eigenvalue weighted by Gasteiger charge is 2.34. The molecule has 1 saturated heterocycles. The van der Waals surface area contributed by atoms with Crippen molar-refractivity contribution in [2.75, 3.05) is 13.2 Å². The van der Waals surface area contributed by atoms with Crippen LogP contribution in [0.3, 0.4) is 0 Å². The Morgan fingerprint density at radius 2 is 2.19 bits per heavy atom. The first kappa shape index (κ1) is 14.2. The van der Waals surface area contributed by atoms with Gasteiger partial charge in [0.1, 0.15) is 0 Å². The molecular weight excluding hydrogens is 285 g/mol. The van der Waals surface area contributed by atoms with Gasteiger partial charge in [-0.25, -0.2) is 4.79 Å². The molecule has 1 aliphatic rings. The maximum Gasteiger partial charge on any atom is 0.418 e. The summed E-state index contributed by atoms with van der Waals surface area (Å²) in [4.78, 5) is 14.3. The fourth-order valence-electron chi connectivity index (χ4n) is 2.81. The number of imidazole rings is 1. The largest absolute Gasteiger partial charge is 0.418 e. The van der Waals surface area contributed by atoms with Crippen molar-refractivity contribution in [1.82, 2.24) is 9.55 Å². The molecule has 0 radical (unpaired) electrons. The van der Waals surface area contributed by atoms with Crippen LogP contribution in [-0.2, 0) is 17.5 Å². The number of hydrogen-bond donors (Lipinski definition) is 1. The molecule has 0 bridgehead atoms. The number of halogens is 3. The summed E-state index contributed by atoms with van der Waals surface area (Å²) in [6, 6.07) is 3.84. The molecule has 4 nitrogen and oxygen atoms in total. The Morgan fingerprint density at radius 3 is 2.86 bits per heavy atom. The van der Waals surface area contributed by atoms with Crippen molar-refractivity contribution in [1.29, 1.82) is 0 Å². The van der Waals surface area contributed by atoms with Gasteiger partial charge in [-0.15, -0.1) is 0 Å². The van der Waals surface area contributed by atoms with E-state index in [1.807, 2.05) is 0 Å². The van der Waals surface area contributed by atoms with Gasteiger partial charge in [-0.1, -0.05) is 6.07 Å². The average Bonchev–Trinajstić information content (AvgIpc) is 2.75. The van der Waals surface area contributed by atoms with E-state index in [4.69, 9.17) is 4.74 Å². The Hall–Kier alpha value is -1.76. The predicted octanol–water partition coefficient (Wildman–Crippen LogP) is 2.78. The number of aromatic nitrogens is 2. The van der Waals surface area contributed by atoms with Crippen LogP contribution in [0.15, 0.2) is 23.0 Å². The molecule has 0 saturated carbocycles. The second kappa shape index (κ2) is 5.22. The third kappa shape index (κ3) is 2.70. The molecule has 21 heavy (non-hydrogen) atoms. The van der Waals surface area contributed by atoms with Crippen LogP contribution < -0.4 is 5.69 Å². The molecule has 1 aromatic heterocycles. The monoisotopic (exact) mass is 300 g/mol. The van der Waals surface area contributed by atoms with Gasteiger partial charge < -0.3 is 9.72 Å². The van der Waals surface area contributed by atoms with Crippen LogP contribution in [0, 0.1) is 5.92 Å². The van der Waals surface area contributed by atoms with Gasteiger partial charge in [0.15, 0.2) is 0 Å². The van der Waals surface area contributed by atoms with E-state index < -0.39 is 17.4 Å². The highest BCUT2D eigenvalue weighted by molar-refractivity contribution is 5.79. The molecular formula is C14H15F3N2O2. The number of H-pyrrole nitrogens is 1. The van der Waals surface area contributed by atoms with Gasteiger partial charge in [0.2, 0.25) is 0 Å². The molecule has 1 N–H and O–H groups in total. The number of rotatable bonds is 2. The number of alkyl halides is 3. The number of nitrogens with zero attached hydrogens (tertiary/aromatic N) is 1. The van der Waals surface area contributed by atoms with Crippen LogP contribution in [0.4, 0.5) is 13.2 Å². The van der Waals surface area contributed by atoms with Crippen molar-refractivity contribution in [2.45, 2.75) is 25.6 Å². The second-order valence-electron chi connectivity index (χ2n) is 5.32. The molecule has 0 aliphatic carbocycles. The lowest BCUT2D eigenvalue weighted by Gasteiger charge is -2.22. The van der Waals surface area contributed by atoms with Crippen LogP contribution >= 0.6 is 0 Å². The minimum Gasteiger partial charge on any atom is -0.381 e. The first-order valence-electron chi connectivity index (χ1n) is 6.83. The van der Waals surface area contributed by atoms with Crippen molar-refractivity contribution < 1.29 is 17.9 Å². The molecule has 3 rings (SSSR count). The van der Waals surface area contributed by atoms with Gasteiger partial charge in [-0.2, -0.15) is 13.2 Å². The van der Waals surface area contributed by atoms with Crippen LogP contribution in [-0.4, -0.2) is 22.8 Å². The SMILES string of the molecule is O=c1[nH]c2c(C(F)(F)F)cccc2n1CC1CCCOC1. The quantitative estimate of drug-likeness (QED) is 0.927. The third-order valence-electron chi connectivity index (χ3n) is 3.81. The normalized spacial score (nSPS) is 20.0. The van der Waals surface area contributed by atoms with Gasteiger partial charge in [0, 0.05) is 19.1 Å². The Morgan fingerprint density at radius 1 is 1.38 bits per heavy atom. The van der Waals surface area contributed by atoms with Crippen molar-refractivity contribution in [3.8, 4) is 0 Å². The number of aromatic amines is 1. The predicted molar refractivity (Wildman–Crippen MR) is 71.1 cm³/mol. The lowest BCUT2D eigenvalue weighted by atomic mass is 10.0. The molecule has 1 unspecified atom stereocenters. The molecule has 2 heterocycles. The Labute approximate surface area is 118 Å². The van der Waals surface area contributed by atoms with Crippen LogP contribution in [0.2, 0.25) is 0 Å². The van der Waals surface area contributed by atoms with Gasteiger partial charge in [0.25, 0.3) is 0 Å². The molecule has 7 heteroatoms. The number of para-hydroxylation sites is 1. The first-order chi connectivity index (χ1) is 9.97. The van der Waals surface area contributed by atoms with Crippen molar-refractivity contribution in [3.63, 3.8) is 0 Å². The van der Waals surface area contributed by atoms with Gasteiger partial charge >= 0.3 is 11.9 Å². The summed E-state index contributed by atoms with van der Waals surface area (Å²) in [5.41, 5.74) is -1.17. The van der Waals surface area contributed by atoms with Gasteiger partial charge in [-0.3, -0.25) is 4.57 Å². The van der Waals surface area contributed by atoms with Crippen molar-refractivity contribution in [3.05, 3.63) is 34.2 Å². The van der Waals surface area contributed by atoms with E-state index in [0.29, 0.717) is 25.3 Å². The summed E-state index contributed by atoms with van der Waals surface area (Å²) in [5, 5.41) is 0. The molecule has 1 atom stereocenters. The maximum absolute atomic E-state index is 13.0. The minimum absolute atomic E-state index is 0.147. The van der Waals surface area contributed by atoms with E-state index >= 15 is 0 Å². The summed E-state index contributed by atoms with van der Waals surface area (Å²) in [6.07, 6.45) is -2.66. The zero-order valence-corrected chi connectivity index (χ0v) is 11.2. The minimum atomic E-state index is -4.48. The summed E-state index contributed by atoms with van der Waals surface area (Å²) in [5.74, 6) is 0.157. The van der Waals surface area contributed by atoms with E-state index in [2.05, 4.69) is 4.98 Å². The molecule has 0 amide bonds. The molecule has 1 aromatic carbocycles. The summed E-state index contributed by atoms with van der Waals surface area (Å²) in [7, 11) is 0. The van der Waals surface area contributed by atoms with Crippen LogP contribution in [0.5, 0.6) is 0 Å². The fraction of sp³-hybridized carbons (Fsp3) is 0.500. The zero-order valence-electron chi connectivity index (χ0n) is 11.2. The van der Waals surface area contributed by atoms with E-state index in [-0.39, 0.29) is 11.4 Å². The first-order valence-corrected chi connectivity index (χ1v) is 6.83. The summed E-state index contributed by atoms with van der Waals surface area (Å²) >= 11 is 0. The van der Waals surface area contributed by atoms with Gasteiger partial charge in [-0.05, 0) is 25.0 Å². The number of nitrogens with one attached hydrogen (secondary N) is 1. The van der Waals surface area contributed by atoms with Crippen molar-refractivity contribution in [2.24, 2.45) is 5.92 Å². The third-order valence-corrected chi connectivity index (χ3v) is 3.81. The summed E-state index contributed by atoms with van der Waals surface area (Å²) in [6.45, 7) is 1.62. The van der Waals surface area contributed by atoms with Crippen molar-refractivity contribution >= 4 is 11.0 Å². The van der Waals surface area contributed by atoms with E-state index in [1.165, 1.54) is 16.7 Å². The maximum atomic E-state index is 13.0. The lowest BCUT2D eigenvalue weighted by Crippen LogP contribution is -2.27. The lowest BCUT2D eigenvalue weighted by molar-refractivity contribution is -0.136.